The van der Waals surface area contributed by atoms with E-state index < -0.39 is 0 Å². The molecule has 1 amide bonds. The van der Waals surface area contributed by atoms with Crippen LogP contribution < -0.4 is 9.54 Å². The standard InChI is InChI=1S/C23H20N2O2S/c1-3-25-19-14-13-16(2)15-21(19)28-23(25)24-22(26)18-11-7-8-12-20(18)27-17-9-5-4-6-10-17/h4-15H,3H2,1-2H3. The van der Waals surface area contributed by atoms with Gasteiger partial charge in [-0.25, -0.2) is 0 Å². The Labute approximate surface area is 167 Å². The summed E-state index contributed by atoms with van der Waals surface area (Å²) >= 11 is 1.53. The lowest BCUT2D eigenvalue weighted by Gasteiger charge is -2.08. The molecule has 3 aromatic carbocycles. The van der Waals surface area contributed by atoms with Gasteiger partial charge in [0.05, 0.1) is 15.8 Å². The van der Waals surface area contributed by atoms with Gasteiger partial charge in [-0.15, -0.1) is 0 Å². The molecule has 4 nitrogen and oxygen atoms in total. The Kier molecular flexibility index (Phi) is 5.08. The van der Waals surface area contributed by atoms with Gasteiger partial charge >= 0.3 is 0 Å². The van der Waals surface area contributed by atoms with Crippen molar-refractivity contribution in [3.63, 3.8) is 0 Å². The highest BCUT2D eigenvalue weighted by atomic mass is 32.1. The van der Waals surface area contributed by atoms with Gasteiger partial charge in [0.25, 0.3) is 5.91 Å². The molecule has 0 fully saturated rings. The number of carbonyl (C=O) groups is 1. The van der Waals surface area contributed by atoms with E-state index in [1.54, 1.807) is 12.1 Å². The van der Waals surface area contributed by atoms with Crippen molar-refractivity contribution < 1.29 is 9.53 Å². The van der Waals surface area contributed by atoms with E-state index in [2.05, 4.69) is 41.6 Å². The number of rotatable bonds is 4. The fourth-order valence-corrected chi connectivity index (χ4v) is 4.26. The zero-order valence-corrected chi connectivity index (χ0v) is 16.6. The van der Waals surface area contributed by atoms with Crippen LogP contribution in [0, 0.1) is 6.92 Å². The maximum Gasteiger partial charge on any atom is 0.283 e. The minimum absolute atomic E-state index is 0.308. The van der Waals surface area contributed by atoms with E-state index in [-0.39, 0.29) is 5.91 Å². The Bertz CT molecular complexity index is 1210. The van der Waals surface area contributed by atoms with Gasteiger partial charge in [-0.2, -0.15) is 4.99 Å². The van der Waals surface area contributed by atoms with E-state index in [9.17, 15) is 4.79 Å². The van der Waals surface area contributed by atoms with Gasteiger partial charge in [-0.3, -0.25) is 4.79 Å². The van der Waals surface area contributed by atoms with Gasteiger partial charge < -0.3 is 9.30 Å². The molecule has 0 unspecified atom stereocenters. The lowest BCUT2D eigenvalue weighted by molar-refractivity contribution is 0.0995. The maximum atomic E-state index is 13.0. The highest BCUT2D eigenvalue weighted by Crippen LogP contribution is 2.26. The smallest absolute Gasteiger partial charge is 0.283 e. The molecule has 0 radical (unpaired) electrons. The van der Waals surface area contributed by atoms with Gasteiger partial charge in [-0.1, -0.05) is 47.7 Å². The van der Waals surface area contributed by atoms with Gasteiger partial charge in [0.15, 0.2) is 4.80 Å². The molecule has 140 valence electrons. The molecule has 1 aromatic heterocycles. The number of thiazole rings is 1. The second-order valence-electron chi connectivity index (χ2n) is 6.43. The van der Waals surface area contributed by atoms with Crippen LogP contribution in [0.25, 0.3) is 10.2 Å². The minimum atomic E-state index is -0.308. The lowest BCUT2D eigenvalue weighted by atomic mass is 10.2. The number of aromatic nitrogens is 1. The Morgan fingerprint density at radius 2 is 1.79 bits per heavy atom. The molecule has 0 aliphatic carbocycles. The molecule has 4 rings (SSSR count). The second kappa shape index (κ2) is 7.82. The van der Waals surface area contributed by atoms with Crippen molar-refractivity contribution >= 4 is 27.5 Å². The molecule has 0 saturated heterocycles. The molecule has 0 saturated carbocycles. The van der Waals surface area contributed by atoms with Crippen molar-refractivity contribution in [3.8, 4) is 11.5 Å². The van der Waals surface area contributed by atoms with Crippen LogP contribution in [0.3, 0.4) is 0 Å². The topological polar surface area (TPSA) is 43.6 Å². The Morgan fingerprint density at radius 1 is 1.04 bits per heavy atom. The largest absolute Gasteiger partial charge is 0.457 e. The molecule has 5 heteroatoms. The molecule has 0 spiro atoms. The molecule has 28 heavy (non-hydrogen) atoms. The number of hydrogen-bond donors (Lipinski definition) is 0. The first-order valence-corrected chi connectivity index (χ1v) is 9.98. The van der Waals surface area contributed by atoms with Crippen LogP contribution in [-0.2, 0) is 6.54 Å². The fraction of sp³-hybridized carbons (Fsp3) is 0.130. The molecular formula is C23H20N2O2S. The summed E-state index contributed by atoms with van der Waals surface area (Å²) in [7, 11) is 0. The highest BCUT2D eigenvalue weighted by Gasteiger charge is 2.13. The van der Waals surface area contributed by atoms with Crippen LogP contribution in [0.5, 0.6) is 11.5 Å². The first-order valence-electron chi connectivity index (χ1n) is 9.16. The number of para-hydroxylation sites is 2. The molecule has 0 aliphatic heterocycles. The molecule has 0 bridgehead atoms. The normalized spacial score (nSPS) is 11.7. The van der Waals surface area contributed by atoms with E-state index in [4.69, 9.17) is 4.74 Å². The summed E-state index contributed by atoms with van der Waals surface area (Å²) in [5.41, 5.74) is 2.73. The average molecular weight is 388 g/mol. The second-order valence-corrected chi connectivity index (χ2v) is 7.44. The van der Waals surface area contributed by atoms with Crippen LogP contribution in [0.4, 0.5) is 0 Å². The number of hydrogen-bond acceptors (Lipinski definition) is 3. The summed E-state index contributed by atoms with van der Waals surface area (Å²) in [5, 5.41) is 0. The quantitative estimate of drug-likeness (QED) is 0.459. The zero-order valence-electron chi connectivity index (χ0n) is 15.8. The third-order valence-corrected chi connectivity index (χ3v) is 5.48. The first kappa shape index (κ1) is 18.2. The van der Waals surface area contributed by atoms with Crippen molar-refractivity contribution in [2.45, 2.75) is 20.4 Å². The third-order valence-electron chi connectivity index (χ3n) is 4.44. The molecule has 0 N–H and O–H groups in total. The van der Waals surface area contributed by atoms with Crippen LogP contribution in [0.15, 0.2) is 77.8 Å². The fourth-order valence-electron chi connectivity index (χ4n) is 3.07. The lowest BCUT2D eigenvalue weighted by Crippen LogP contribution is -2.16. The van der Waals surface area contributed by atoms with Crippen LogP contribution in [0.1, 0.15) is 22.8 Å². The predicted octanol–water partition coefficient (Wildman–Crippen LogP) is 5.56. The third kappa shape index (κ3) is 3.62. The number of ether oxygens (including phenoxy) is 1. The van der Waals surface area contributed by atoms with Crippen LogP contribution in [0.2, 0.25) is 0 Å². The Morgan fingerprint density at radius 3 is 2.57 bits per heavy atom. The van der Waals surface area contributed by atoms with Crippen molar-refractivity contribution in [3.05, 3.63) is 88.7 Å². The number of aryl methyl sites for hydroxylation is 2. The van der Waals surface area contributed by atoms with Gasteiger partial charge in [0, 0.05) is 6.54 Å². The number of nitrogens with zero attached hydrogens (tertiary/aromatic N) is 2. The first-order chi connectivity index (χ1) is 13.7. The van der Waals surface area contributed by atoms with Gasteiger partial charge in [0.2, 0.25) is 0 Å². The SMILES string of the molecule is CCn1c(=NC(=O)c2ccccc2Oc2ccccc2)sc2cc(C)ccc21. The number of amides is 1. The minimum Gasteiger partial charge on any atom is -0.457 e. The highest BCUT2D eigenvalue weighted by molar-refractivity contribution is 7.16. The number of fused-ring (bicyclic) bond motifs is 1. The predicted molar refractivity (Wildman–Crippen MR) is 113 cm³/mol. The summed E-state index contributed by atoms with van der Waals surface area (Å²) in [5.74, 6) is 0.878. The molecule has 4 aromatic rings. The van der Waals surface area contributed by atoms with Crippen LogP contribution in [-0.4, -0.2) is 10.5 Å². The van der Waals surface area contributed by atoms with Crippen molar-refractivity contribution in [2.75, 3.05) is 0 Å². The molecular weight excluding hydrogens is 368 g/mol. The number of benzene rings is 3. The van der Waals surface area contributed by atoms with Crippen molar-refractivity contribution in [1.82, 2.24) is 4.57 Å². The summed E-state index contributed by atoms with van der Waals surface area (Å²) in [6.45, 7) is 4.87. The van der Waals surface area contributed by atoms with Crippen molar-refractivity contribution in [2.24, 2.45) is 4.99 Å². The average Bonchev–Trinajstić information content (AvgIpc) is 3.05. The van der Waals surface area contributed by atoms with E-state index in [0.717, 1.165) is 16.8 Å². The van der Waals surface area contributed by atoms with Crippen LogP contribution >= 0.6 is 11.3 Å². The summed E-state index contributed by atoms with van der Waals surface area (Å²) < 4.78 is 9.11. The van der Waals surface area contributed by atoms with E-state index in [1.807, 2.05) is 42.5 Å². The molecule has 0 aliphatic rings. The van der Waals surface area contributed by atoms with E-state index in [1.165, 1.54) is 16.9 Å². The zero-order chi connectivity index (χ0) is 19.5. The van der Waals surface area contributed by atoms with Crippen molar-refractivity contribution in [1.29, 1.82) is 0 Å². The maximum absolute atomic E-state index is 13.0. The number of carbonyl (C=O) groups excluding carboxylic acids is 1. The Hall–Kier alpha value is -3.18. The summed E-state index contributed by atoms with van der Waals surface area (Å²) in [4.78, 5) is 18.1. The summed E-state index contributed by atoms with van der Waals surface area (Å²) in [6.07, 6.45) is 0. The van der Waals surface area contributed by atoms with E-state index in [0.29, 0.717) is 21.9 Å². The monoisotopic (exact) mass is 388 g/mol. The summed E-state index contributed by atoms with van der Waals surface area (Å²) in [6, 6.07) is 22.9. The van der Waals surface area contributed by atoms with Gasteiger partial charge in [-0.05, 0) is 55.8 Å². The Balaban J connectivity index is 1.76. The molecule has 1 heterocycles. The van der Waals surface area contributed by atoms with Gasteiger partial charge in [0.1, 0.15) is 11.5 Å². The van der Waals surface area contributed by atoms with E-state index >= 15 is 0 Å². The molecule has 0 atom stereocenters.